The number of hydrogen-bond acceptors (Lipinski definition) is 3. The third kappa shape index (κ3) is 5.02. The van der Waals surface area contributed by atoms with E-state index in [1.807, 2.05) is 26.8 Å². The molecule has 20 heavy (non-hydrogen) atoms. The highest BCUT2D eigenvalue weighted by molar-refractivity contribution is 6.32. The highest BCUT2D eigenvalue weighted by Gasteiger charge is 2.16. The molecule has 5 heteroatoms. The predicted molar refractivity (Wildman–Crippen MR) is 82.0 cm³/mol. The van der Waals surface area contributed by atoms with Crippen LogP contribution in [0.4, 0.5) is 0 Å². The van der Waals surface area contributed by atoms with Crippen LogP contribution in [0.2, 0.25) is 5.02 Å². The molecule has 0 saturated heterocycles. The Balaban J connectivity index is 2.66. The Morgan fingerprint density at radius 2 is 2.00 bits per heavy atom. The number of rotatable bonds is 6. The third-order valence-electron chi connectivity index (χ3n) is 2.84. The SMILES string of the molecule is CC(C)CNC(=O)C(C)Oc1ccc(C(C)N)cc1Cl. The molecule has 4 nitrogen and oxygen atoms in total. The Hall–Kier alpha value is -1.26. The minimum absolute atomic E-state index is 0.0895. The molecule has 0 bridgehead atoms. The molecule has 0 aliphatic carbocycles. The van der Waals surface area contributed by atoms with Gasteiger partial charge in [0.15, 0.2) is 6.10 Å². The van der Waals surface area contributed by atoms with Gasteiger partial charge in [-0.25, -0.2) is 0 Å². The zero-order valence-corrected chi connectivity index (χ0v) is 13.2. The summed E-state index contributed by atoms with van der Waals surface area (Å²) < 4.78 is 5.59. The topological polar surface area (TPSA) is 64.3 Å². The molecule has 0 aliphatic rings. The normalized spacial score (nSPS) is 13.9. The quantitative estimate of drug-likeness (QED) is 0.849. The van der Waals surface area contributed by atoms with Crippen molar-refractivity contribution in [2.24, 2.45) is 11.7 Å². The molecule has 0 radical (unpaired) electrons. The lowest BCUT2D eigenvalue weighted by Gasteiger charge is -2.17. The van der Waals surface area contributed by atoms with Gasteiger partial charge in [-0.1, -0.05) is 31.5 Å². The highest BCUT2D eigenvalue weighted by atomic mass is 35.5. The molecule has 2 unspecified atom stereocenters. The predicted octanol–water partition coefficient (Wildman–Crippen LogP) is 2.90. The zero-order valence-electron chi connectivity index (χ0n) is 12.4. The van der Waals surface area contributed by atoms with E-state index in [1.54, 1.807) is 19.1 Å². The first kappa shape index (κ1) is 16.8. The van der Waals surface area contributed by atoms with Gasteiger partial charge in [0.1, 0.15) is 5.75 Å². The van der Waals surface area contributed by atoms with Crippen LogP contribution in [0.1, 0.15) is 39.3 Å². The Morgan fingerprint density at radius 1 is 1.35 bits per heavy atom. The van der Waals surface area contributed by atoms with Crippen molar-refractivity contribution in [3.63, 3.8) is 0 Å². The standard InChI is InChI=1S/C15H23ClN2O2/c1-9(2)8-18-15(19)11(4)20-14-6-5-12(10(3)17)7-13(14)16/h5-7,9-11H,8,17H2,1-4H3,(H,18,19). The van der Waals surface area contributed by atoms with E-state index in [9.17, 15) is 4.79 Å². The van der Waals surface area contributed by atoms with Crippen LogP contribution in [0.25, 0.3) is 0 Å². The number of amides is 1. The summed E-state index contributed by atoms with van der Waals surface area (Å²) >= 11 is 6.14. The van der Waals surface area contributed by atoms with Crippen molar-refractivity contribution in [3.05, 3.63) is 28.8 Å². The van der Waals surface area contributed by atoms with Crippen LogP contribution in [0.15, 0.2) is 18.2 Å². The molecular weight excluding hydrogens is 276 g/mol. The molecular formula is C15H23ClN2O2. The largest absolute Gasteiger partial charge is 0.479 e. The van der Waals surface area contributed by atoms with Crippen LogP contribution in [-0.2, 0) is 4.79 Å². The van der Waals surface area contributed by atoms with Crippen LogP contribution in [-0.4, -0.2) is 18.6 Å². The van der Waals surface area contributed by atoms with Gasteiger partial charge >= 0.3 is 0 Å². The van der Waals surface area contributed by atoms with Gasteiger partial charge in [-0.3, -0.25) is 4.79 Å². The molecule has 1 aromatic rings. The number of carbonyl (C=O) groups excluding carboxylic acids is 1. The maximum absolute atomic E-state index is 11.8. The molecule has 0 aliphatic heterocycles. The third-order valence-corrected chi connectivity index (χ3v) is 3.13. The van der Waals surface area contributed by atoms with Gasteiger partial charge in [0, 0.05) is 12.6 Å². The molecule has 1 aromatic carbocycles. The molecule has 0 aromatic heterocycles. The van der Waals surface area contributed by atoms with Gasteiger partial charge in [0.2, 0.25) is 0 Å². The number of benzene rings is 1. The first-order valence-electron chi connectivity index (χ1n) is 6.80. The van der Waals surface area contributed by atoms with E-state index in [2.05, 4.69) is 5.32 Å². The second kappa shape index (κ2) is 7.50. The summed E-state index contributed by atoms with van der Waals surface area (Å²) in [5.41, 5.74) is 6.72. The lowest BCUT2D eigenvalue weighted by molar-refractivity contribution is -0.127. The number of hydrogen-bond donors (Lipinski definition) is 2. The molecule has 3 N–H and O–H groups in total. The average molecular weight is 299 g/mol. The summed E-state index contributed by atoms with van der Waals surface area (Å²) in [5.74, 6) is 0.745. The summed E-state index contributed by atoms with van der Waals surface area (Å²) in [4.78, 5) is 11.8. The molecule has 0 saturated carbocycles. The first-order chi connectivity index (χ1) is 9.31. The molecule has 112 valence electrons. The number of ether oxygens (including phenoxy) is 1. The second-order valence-electron chi connectivity index (χ2n) is 5.38. The van der Waals surface area contributed by atoms with Crippen LogP contribution in [0.5, 0.6) is 5.75 Å². The smallest absolute Gasteiger partial charge is 0.260 e. The van der Waals surface area contributed by atoms with Crippen molar-refractivity contribution in [1.82, 2.24) is 5.32 Å². The lowest BCUT2D eigenvalue weighted by Crippen LogP contribution is -2.38. The summed E-state index contributed by atoms with van der Waals surface area (Å²) in [6.45, 7) is 8.29. The van der Waals surface area contributed by atoms with E-state index in [0.717, 1.165) is 5.56 Å². The number of nitrogens with two attached hydrogens (primary N) is 1. The maximum Gasteiger partial charge on any atom is 0.260 e. The number of halogens is 1. The number of carbonyl (C=O) groups is 1. The summed E-state index contributed by atoms with van der Waals surface area (Å²) in [5, 5.41) is 3.29. The summed E-state index contributed by atoms with van der Waals surface area (Å²) in [7, 11) is 0. The Morgan fingerprint density at radius 3 is 2.50 bits per heavy atom. The van der Waals surface area contributed by atoms with Crippen molar-refractivity contribution < 1.29 is 9.53 Å². The fourth-order valence-electron chi connectivity index (χ4n) is 1.59. The van der Waals surface area contributed by atoms with Gasteiger partial charge in [-0.05, 0) is 37.5 Å². The van der Waals surface area contributed by atoms with Crippen molar-refractivity contribution in [2.75, 3.05) is 6.54 Å². The van der Waals surface area contributed by atoms with Crippen molar-refractivity contribution in [3.8, 4) is 5.75 Å². The number of nitrogens with one attached hydrogen (secondary N) is 1. The van der Waals surface area contributed by atoms with E-state index in [0.29, 0.717) is 23.2 Å². The van der Waals surface area contributed by atoms with Gasteiger partial charge in [0.25, 0.3) is 5.91 Å². The van der Waals surface area contributed by atoms with Crippen molar-refractivity contribution in [1.29, 1.82) is 0 Å². The van der Waals surface area contributed by atoms with Crippen LogP contribution in [0.3, 0.4) is 0 Å². The Labute approximate surface area is 125 Å². The van der Waals surface area contributed by atoms with E-state index in [-0.39, 0.29) is 11.9 Å². The van der Waals surface area contributed by atoms with Gasteiger partial charge in [0.05, 0.1) is 5.02 Å². The Kier molecular flexibility index (Phi) is 6.30. The Bertz CT molecular complexity index is 461. The van der Waals surface area contributed by atoms with Gasteiger partial charge in [-0.15, -0.1) is 0 Å². The molecule has 0 spiro atoms. The highest BCUT2D eigenvalue weighted by Crippen LogP contribution is 2.28. The molecule has 0 fully saturated rings. The fraction of sp³-hybridized carbons (Fsp3) is 0.533. The van der Waals surface area contributed by atoms with Crippen LogP contribution >= 0.6 is 11.6 Å². The molecule has 0 heterocycles. The zero-order chi connectivity index (χ0) is 15.3. The van der Waals surface area contributed by atoms with Crippen molar-refractivity contribution >= 4 is 17.5 Å². The lowest BCUT2D eigenvalue weighted by atomic mass is 10.1. The first-order valence-corrected chi connectivity index (χ1v) is 7.18. The minimum Gasteiger partial charge on any atom is -0.479 e. The van der Waals surface area contributed by atoms with Crippen LogP contribution < -0.4 is 15.8 Å². The van der Waals surface area contributed by atoms with Crippen LogP contribution in [0, 0.1) is 5.92 Å². The fourth-order valence-corrected chi connectivity index (χ4v) is 1.82. The summed E-state index contributed by atoms with van der Waals surface area (Å²) in [6, 6.07) is 5.27. The van der Waals surface area contributed by atoms with E-state index >= 15 is 0 Å². The van der Waals surface area contributed by atoms with Crippen molar-refractivity contribution in [2.45, 2.75) is 39.8 Å². The van der Waals surface area contributed by atoms with E-state index in [4.69, 9.17) is 22.1 Å². The molecule has 1 rings (SSSR count). The molecule has 2 atom stereocenters. The molecule has 1 amide bonds. The van der Waals surface area contributed by atoms with E-state index in [1.165, 1.54) is 0 Å². The minimum atomic E-state index is -0.590. The van der Waals surface area contributed by atoms with Gasteiger partial charge in [-0.2, -0.15) is 0 Å². The second-order valence-corrected chi connectivity index (χ2v) is 5.78. The monoisotopic (exact) mass is 298 g/mol. The average Bonchev–Trinajstić information content (AvgIpc) is 2.37. The van der Waals surface area contributed by atoms with E-state index < -0.39 is 6.10 Å². The van der Waals surface area contributed by atoms with Gasteiger partial charge < -0.3 is 15.8 Å². The maximum atomic E-state index is 11.8. The summed E-state index contributed by atoms with van der Waals surface area (Å²) in [6.07, 6.45) is -0.590.